The zero-order valence-corrected chi connectivity index (χ0v) is 12.8. The second-order valence-electron chi connectivity index (χ2n) is 5.73. The number of hydrogen-bond donors (Lipinski definition) is 0. The van der Waals surface area contributed by atoms with Crippen molar-refractivity contribution in [3.05, 3.63) is 47.9 Å². The fraction of sp³-hybridized carbons (Fsp3) is 0.375. The minimum Gasteiger partial charge on any atom is -0.381 e. The molecule has 0 N–H and O–H groups in total. The SMILES string of the molecule is Cn1nncc1-c1nc(C2(c3ccccc3)CCOCC2)no1. The van der Waals surface area contributed by atoms with Crippen LogP contribution in [0.15, 0.2) is 41.1 Å². The van der Waals surface area contributed by atoms with Gasteiger partial charge in [0.25, 0.3) is 5.89 Å². The zero-order valence-electron chi connectivity index (χ0n) is 12.8. The Morgan fingerprint density at radius 1 is 1.13 bits per heavy atom. The van der Waals surface area contributed by atoms with E-state index >= 15 is 0 Å². The van der Waals surface area contributed by atoms with Crippen LogP contribution in [0.4, 0.5) is 0 Å². The van der Waals surface area contributed by atoms with Crippen LogP contribution < -0.4 is 0 Å². The summed E-state index contributed by atoms with van der Waals surface area (Å²) in [5.74, 6) is 1.14. The lowest BCUT2D eigenvalue weighted by Crippen LogP contribution is -2.36. The van der Waals surface area contributed by atoms with Crippen LogP contribution in [0, 0.1) is 0 Å². The van der Waals surface area contributed by atoms with Gasteiger partial charge in [0.15, 0.2) is 5.82 Å². The second kappa shape index (κ2) is 5.58. The third kappa shape index (κ3) is 2.33. The van der Waals surface area contributed by atoms with E-state index in [2.05, 4.69) is 32.6 Å². The third-order valence-corrected chi connectivity index (χ3v) is 4.46. The van der Waals surface area contributed by atoms with E-state index in [0.717, 1.165) is 12.8 Å². The summed E-state index contributed by atoms with van der Waals surface area (Å²) in [6.07, 6.45) is 3.29. The van der Waals surface area contributed by atoms with Crippen LogP contribution in [-0.2, 0) is 17.2 Å². The van der Waals surface area contributed by atoms with Gasteiger partial charge in [0, 0.05) is 20.3 Å². The molecule has 118 valence electrons. The van der Waals surface area contributed by atoms with Gasteiger partial charge in [-0.2, -0.15) is 4.98 Å². The number of aromatic nitrogens is 5. The van der Waals surface area contributed by atoms with Crippen molar-refractivity contribution in [2.24, 2.45) is 7.05 Å². The molecule has 0 amide bonds. The highest BCUT2D eigenvalue weighted by Gasteiger charge is 2.40. The van der Waals surface area contributed by atoms with Crippen molar-refractivity contribution in [1.29, 1.82) is 0 Å². The van der Waals surface area contributed by atoms with Gasteiger partial charge in [0.05, 0.1) is 11.6 Å². The van der Waals surface area contributed by atoms with E-state index in [1.165, 1.54) is 5.56 Å². The Morgan fingerprint density at radius 2 is 1.91 bits per heavy atom. The normalized spacial score (nSPS) is 17.3. The molecule has 2 aromatic heterocycles. The molecule has 0 radical (unpaired) electrons. The summed E-state index contributed by atoms with van der Waals surface area (Å²) in [5, 5.41) is 12.0. The van der Waals surface area contributed by atoms with Crippen molar-refractivity contribution in [2.75, 3.05) is 13.2 Å². The highest BCUT2D eigenvalue weighted by molar-refractivity contribution is 5.45. The highest BCUT2D eigenvalue weighted by atomic mass is 16.5. The van der Waals surface area contributed by atoms with Crippen molar-refractivity contribution >= 4 is 0 Å². The summed E-state index contributed by atoms with van der Waals surface area (Å²) in [6, 6.07) is 10.3. The van der Waals surface area contributed by atoms with E-state index in [9.17, 15) is 0 Å². The lowest BCUT2D eigenvalue weighted by atomic mass is 9.73. The molecule has 3 heterocycles. The van der Waals surface area contributed by atoms with E-state index in [1.807, 2.05) is 18.2 Å². The largest absolute Gasteiger partial charge is 0.381 e. The molecule has 1 fully saturated rings. The van der Waals surface area contributed by atoms with Crippen LogP contribution in [0.5, 0.6) is 0 Å². The van der Waals surface area contributed by atoms with Crippen molar-refractivity contribution in [2.45, 2.75) is 18.3 Å². The minimum absolute atomic E-state index is 0.271. The average molecular weight is 311 g/mol. The van der Waals surface area contributed by atoms with Crippen molar-refractivity contribution in [3.8, 4) is 11.6 Å². The van der Waals surface area contributed by atoms with Gasteiger partial charge in [-0.15, -0.1) is 5.10 Å². The molecule has 4 rings (SSSR count). The average Bonchev–Trinajstić information content (AvgIpc) is 3.25. The van der Waals surface area contributed by atoms with Crippen molar-refractivity contribution in [1.82, 2.24) is 25.1 Å². The maximum absolute atomic E-state index is 5.56. The molecular formula is C16H17N5O2. The summed E-state index contributed by atoms with van der Waals surface area (Å²) in [7, 11) is 1.80. The van der Waals surface area contributed by atoms with E-state index in [-0.39, 0.29) is 5.41 Å². The topological polar surface area (TPSA) is 78.9 Å². The molecule has 0 atom stereocenters. The van der Waals surface area contributed by atoms with Gasteiger partial charge in [-0.05, 0) is 18.4 Å². The molecule has 23 heavy (non-hydrogen) atoms. The standard InChI is InChI=1S/C16H17N5O2/c1-21-13(11-17-20-21)14-18-15(19-23-14)16(7-9-22-10-8-16)12-5-3-2-4-6-12/h2-6,11H,7-10H2,1H3. The number of aryl methyl sites for hydroxylation is 1. The van der Waals surface area contributed by atoms with Gasteiger partial charge < -0.3 is 9.26 Å². The maximum Gasteiger partial charge on any atom is 0.277 e. The monoisotopic (exact) mass is 311 g/mol. The molecule has 0 bridgehead atoms. The molecule has 3 aromatic rings. The Labute approximate surface area is 133 Å². The number of hydrogen-bond acceptors (Lipinski definition) is 6. The van der Waals surface area contributed by atoms with Gasteiger partial charge in [0.2, 0.25) is 0 Å². The fourth-order valence-electron chi connectivity index (χ4n) is 3.12. The molecule has 1 aliphatic heterocycles. The molecular weight excluding hydrogens is 294 g/mol. The molecule has 0 aliphatic carbocycles. The van der Waals surface area contributed by atoms with Crippen LogP contribution >= 0.6 is 0 Å². The zero-order chi connectivity index (χ0) is 15.7. The molecule has 7 nitrogen and oxygen atoms in total. The quantitative estimate of drug-likeness (QED) is 0.736. The summed E-state index contributed by atoms with van der Waals surface area (Å²) in [4.78, 5) is 4.65. The third-order valence-electron chi connectivity index (χ3n) is 4.46. The van der Waals surface area contributed by atoms with Gasteiger partial charge in [0.1, 0.15) is 5.69 Å². The van der Waals surface area contributed by atoms with Crippen LogP contribution in [0.2, 0.25) is 0 Å². The van der Waals surface area contributed by atoms with Crippen molar-refractivity contribution < 1.29 is 9.26 Å². The predicted octanol–water partition coefficient (Wildman–Crippen LogP) is 1.96. The summed E-state index contributed by atoms with van der Waals surface area (Å²) in [5.41, 5.74) is 1.63. The lowest BCUT2D eigenvalue weighted by molar-refractivity contribution is 0.0597. The molecule has 0 saturated carbocycles. The Bertz CT molecular complexity index is 790. The Morgan fingerprint density at radius 3 is 2.61 bits per heavy atom. The minimum atomic E-state index is -0.271. The highest BCUT2D eigenvalue weighted by Crippen LogP contribution is 2.40. The fourth-order valence-corrected chi connectivity index (χ4v) is 3.12. The molecule has 7 heteroatoms. The van der Waals surface area contributed by atoms with Crippen LogP contribution in [0.3, 0.4) is 0 Å². The van der Waals surface area contributed by atoms with Gasteiger partial charge in [-0.1, -0.05) is 40.7 Å². The first-order valence-electron chi connectivity index (χ1n) is 7.62. The van der Waals surface area contributed by atoms with Gasteiger partial charge in [-0.25, -0.2) is 4.68 Å². The first kappa shape index (κ1) is 14.1. The van der Waals surface area contributed by atoms with E-state index in [4.69, 9.17) is 9.26 Å². The number of rotatable bonds is 3. The van der Waals surface area contributed by atoms with Crippen LogP contribution in [-0.4, -0.2) is 38.3 Å². The number of benzene rings is 1. The molecule has 0 unspecified atom stereocenters. The van der Waals surface area contributed by atoms with E-state index in [1.54, 1.807) is 17.9 Å². The van der Waals surface area contributed by atoms with Gasteiger partial charge >= 0.3 is 0 Å². The maximum atomic E-state index is 5.56. The van der Waals surface area contributed by atoms with Crippen LogP contribution in [0.25, 0.3) is 11.6 Å². The predicted molar refractivity (Wildman–Crippen MR) is 81.6 cm³/mol. The second-order valence-corrected chi connectivity index (χ2v) is 5.73. The lowest BCUT2D eigenvalue weighted by Gasteiger charge is -2.34. The molecule has 1 aliphatic rings. The molecule has 1 aromatic carbocycles. The van der Waals surface area contributed by atoms with Crippen molar-refractivity contribution in [3.63, 3.8) is 0 Å². The van der Waals surface area contributed by atoms with Gasteiger partial charge in [-0.3, -0.25) is 0 Å². The Kier molecular flexibility index (Phi) is 3.42. The summed E-state index contributed by atoms with van der Waals surface area (Å²) >= 11 is 0. The Hall–Kier alpha value is -2.54. The Balaban J connectivity index is 1.79. The molecule has 0 spiro atoms. The number of ether oxygens (including phenoxy) is 1. The smallest absolute Gasteiger partial charge is 0.277 e. The number of nitrogens with zero attached hydrogens (tertiary/aromatic N) is 5. The van der Waals surface area contributed by atoms with E-state index in [0.29, 0.717) is 30.6 Å². The first-order valence-corrected chi connectivity index (χ1v) is 7.62. The van der Waals surface area contributed by atoms with E-state index < -0.39 is 0 Å². The first-order chi connectivity index (χ1) is 11.3. The summed E-state index contributed by atoms with van der Waals surface area (Å²) in [6.45, 7) is 1.37. The summed E-state index contributed by atoms with van der Waals surface area (Å²) < 4.78 is 12.7. The molecule has 1 saturated heterocycles. The van der Waals surface area contributed by atoms with Crippen LogP contribution in [0.1, 0.15) is 24.2 Å².